The van der Waals surface area contributed by atoms with E-state index in [-0.39, 0.29) is 16.1 Å². The van der Waals surface area contributed by atoms with Gasteiger partial charge in [0.25, 0.3) is 0 Å². The minimum Gasteiger partial charge on any atom is -0.506 e. The van der Waals surface area contributed by atoms with Crippen molar-refractivity contribution in [3.63, 3.8) is 0 Å². The number of halogens is 1. The Labute approximate surface area is 89.1 Å². The van der Waals surface area contributed by atoms with Crippen LogP contribution in [0.4, 0.5) is 0 Å². The van der Waals surface area contributed by atoms with E-state index in [1.807, 2.05) is 0 Å². The third-order valence-corrected chi connectivity index (χ3v) is 2.66. The topological polar surface area (TPSA) is 79.2 Å². The van der Waals surface area contributed by atoms with Crippen LogP contribution >= 0.6 is 22.6 Å². The van der Waals surface area contributed by atoms with E-state index in [1.165, 1.54) is 7.11 Å². The van der Waals surface area contributed by atoms with Crippen molar-refractivity contribution in [3.05, 3.63) is 9.53 Å². The molecule has 5 nitrogen and oxygen atoms in total. The summed E-state index contributed by atoms with van der Waals surface area (Å²) in [5, 5.41) is 27.7. The largest absolute Gasteiger partial charge is 0.506 e. The van der Waals surface area contributed by atoms with Crippen LogP contribution in [0, 0.1) is 0 Å². The maximum Gasteiger partial charge on any atom is 0.197 e. The van der Waals surface area contributed by atoms with Crippen molar-refractivity contribution in [2.75, 3.05) is 13.7 Å². The van der Waals surface area contributed by atoms with Gasteiger partial charge in [-0.3, -0.25) is 0 Å². The minimum absolute atomic E-state index is 0.139. The van der Waals surface area contributed by atoms with Crippen LogP contribution in [0.3, 0.4) is 0 Å². The molecule has 0 aromatic carbocycles. The highest BCUT2D eigenvalue weighted by Gasteiger charge is 2.38. The molecule has 0 fully saturated rings. The SMILES string of the molecule is COC1C(O)=C(I)OC(CO)[C@@H]1O. The lowest BCUT2D eigenvalue weighted by Gasteiger charge is -2.32. The molecule has 0 saturated heterocycles. The van der Waals surface area contributed by atoms with Crippen LogP contribution in [0.25, 0.3) is 0 Å². The molecule has 0 radical (unpaired) electrons. The molecule has 0 aromatic heterocycles. The Balaban J connectivity index is 2.87. The molecule has 1 aliphatic rings. The van der Waals surface area contributed by atoms with Crippen molar-refractivity contribution in [3.8, 4) is 0 Å². The summed E-state index contributed by atoms with van der Waals surface area (Å²) in [7, 11) is 1.37. The van der Waals surface area contributed by atoms with E-state index in [2.05, 4.69) is 0 Å². The number of hydrogen-bond donors (Lipinski definition) is 3. The zero-order chi connectivity index (χ0) is 10.0. The first kappa shape index (κ1) is 11.0. The molecule has 76 valence electrons. The fourth-order valence-corrected chi connectivity index (χ4v) is 1.76. The Morgan fingerprint density at radius 1 is 1.62 bits per heavy atom. The van der Waals surface area contributed by atoms with Crippen LogP contribution in [0.2, 0.25) is 0 Å². The van der Waals surface area contributed by atoms with E-state index < -0.39 is 18.3 Å². The summed E-state index contributed by atoms with van der Waals surface area (Å²) in [4.78, 5) is 0. The zero-order valence-electron chi connectivity index (χ0n) is 6.98. The fraction of sp³-hybridized carbons (Fsp3) is 0.714. The van der Waals surface area contributed by atoms with E-state index in [1.54, 1.807) is 22.6 Å². The molecule has 1 rings (SSSR count). The third-order valence-electron chi connectivity index (χ3n) is 1.85. The van der Waals surface area contributed by atoms with Crippen LogP contribution in [0.15, 0.2) is 9.53 Å². The summed E-state index contributed by atoms with van der Waals surface area (Å²) < 4.78 is 10.1. The van der Waals surface area contributed by atoms with Crippen LogP contribution < -0.4 is 0 Å². The molecule has 0 bridgehead atoms. The van der Waals surface area contributed by atoms with E-state index in [9.17, 15) is 10.2 Å². The molecule has 6 heteroatoms. The van der Waals surface area contributed by atoms with Gasteiger partial charge in [-0.25, -0.2) is 0 Å². The predicted octanol–water partition coefficient (Wildman–Crippen LogP) is -0.0845. The Morgan fingerprint density at radius 2 is 2.23 bits per heavy atom. The molecule has 3 N–H and O–H groups in total. The summed E-state index contributed by atoms with van der Waals surface area (Å²) in [6.07, 6.45) is -2.61. The van der Waals surface area contributed by atoms with Gasteiger partial charge in [0.15, 0.2) is 15.6 Å². The second-order valence-corrected chi connectivity index (χ2v) is 3.62. The molecule has 1 aliphatic heterocycles. The van der Waals surface area contributed by atoms with Gasteiger partial charge >= 0.3 is 0 Å². The summed E-state index contributed by atoms with van der Waals surface area (Å²) >= 11 is 1.78. The third kappa shape index (κ3) is 2.06. The second-order valence-electron chi connectivity index (χ2n) is 2.64. The average Bonchev–Trinajstić information content (AvgIpc) is 2.12. The Hall–Kier alpha value is -0.0500. The maximum atomic E-state index is 9.51. The fourth-order valence-electron chi connectivity index (χ4n) is 1.13. The van der Waals surface area contributed by atoms with Gasteiger partial charge < -0.3 is 24.8 Å². The number of ether oxygens (including phenoxy) is 2. The molecule has 3 atom stereocenters. The summed E-state index contributed by atoms with van der Waals surface area (Å²) in [6.45, 7) is -0.319. The zero-order valence-corrected chi connectivity index (χ0v) is 9.13. The van der Waals surface area contributed by atoms with Gasteiger partial charge in [0.2, 0.25) is 0 Å². The first-order valence-corrected chi connectivity index (χ1v) is 4.76. The Kier molecular flexibility index (Phi) is 3.77. The molecule has 0 saturated carbocycles. The monoisotopic (exact) mass is 302 g/mol. The van der Waals surface area contributed by atoms with Crippen LogP contribution in [-0.4, -0.2) is 47.3 Å². The first-order chi connectivity index (χ1) is 6.11. The van der Waals surface area contributed by atoms with Crippen LogP contribution in [0.1, 0.15) is 0 Å². The number of methoxy groups -OCH3 is 1. The molecule has 0 amide bonds. The van der Waals surface area contributed by atoms with Crippen molar-refractivity contribution >= 4 is 22.6 Å². The molecule has 13 heavy (non-hydrogen) atoms. The van der Waals surface area contributed by atoms with Gasteiger partial charge in [0.1, 0.15) is 12.2 Å². The standard InChI is InChI=1S/C7H11IO5/c1-12-6-4(10)3(2-9)13-7(8)5(6)11/h3-4,6,9-11H,2H2,1H3/t3?,4-,6?/m0/s1. The van der Waals surface area contributed by atoms with Gasteiger partial charge in [-0.1, -0.05) is 0 Å². The molecule has 0 aromatic rings. The van der Waals surface area contributed by atoms with Gasteiger partial charge in [0, 0.05) is 29.7 Å². The highest BCUT2D eigenvalue weighted by Crippen LogP contribution is 2.28. The average molecular weight is 302 g/mol. The van der Waals surface area contributed by atoms with Gasteiger partial charge in [-0.05, 0) is 0 Å². The van der Waals surface area contributed by atoms with Crippen molar-refractivity contribution in [1.82, 2.24) is 0 Å². The Morgan fingerprint density at radius 3 is 2.69 bits per heavy atom. The maximum absolute atomic E-state index is 9.51. The van der Waals surface area contributed by atoms with Gasteiger partial charge in [-0.2, -0.15) is 0 Å². The number of aliphatic hydroxyl groups excluding tert-OH is 3. The summed E-state index contributed by atoms with van der Waals surface area (Å²) in [5.41, 5.74) is 0. The van der Waals surface area contributed by atoms with Crippen molar-refractivity contribution < 1.29 is 24.8 Å². The molecular formula is C7H11IO5. The highest BCUT2D eigenvalue weighted by atomic mass is 127. The van der Waals surface area contributed by atoms with Crippen LogP contribution in [0.5, 0.6) is 0 Å². The smallest absolute Gasteiger partial charge is 0.197 e. The van der Waals surface area contributed by atoms with Crippen LogP contribution in [-0.2, 0) is 9.47 Å². The van der Waals surface area contributed by atoms with Crippen molar-refractivity contribution in [2.45, 2.75) is 18.3 Å². The number of aliphatic hydroxyl groups is 3. The lowest BCUT2D eigenvalue weighted by Crippen LogP contribution is -2.46. The molecule has 2 unspecified atom stereocenters. The number of rotatable bonds is 2. The Bertz CT molecular complexity index is 217. The molecule has 0 spiro atoms. The van der Waals surface area contributed by atoms with E-state index in [0.29, 0.717) is 0 Å². The normalized spacial score (nSPS) is 34.6. The molecular weight excluding hydrogens is 291 g/mol. The van der Waals surface area contributed by atoms with Crippen molar-refractivity contribution in [2.24, 2.45) is 0 Å². The van der Waals surface area contributed by atoms with Gasteiger partial charge in [-0.15, -0.1) is 0 Å². The summed E-state index contributed by atoms with van der Waals surface area (Å²) in [5.74, 6) is -0.139. The lowest BCUT2D eigenvalue weighted by atomic mass is 10.1. The molecule has 1 heterocycles. The second kappa shape index (κ2) is 4.45. The van der Waals surface area contributed by atoms with E-state index >= 15 is 0 Å². The quantitative estimate of drug-likeness (QED) is 0.622. The predicted molar refractivity (Wildman–Crippen MR) is 52.4 cm³/mol. The number of hydrogen-bond acceptors (Lipinski definition) is 5. The van der Waals surface area contributed by atoms with E-state index in [0.717, 1.165) is 0 Å². The summed E-state index contributed by atoms with van der Waals surface area (Å²) in [6, 6.07) is 0. The lowest BCUT2D eigenvalue weighted by molar-refractivity contribution is -0.113. The molecule has 0 aliphatic carbocycles. The first-order valence-electron chi connectivity index (χ1n) is 3.68. The van der Waals surface area contributed by atoms with E-state index in [4.69, 9.17) is 14.6 Å². The van der Waals surface area contributed by atoms with Gasteiger partial charge in [0.05, 0.1) is 6.61 Å². The van der Waals surface area contributed by atoms with Crippen molar-refractivity contribution in [1.29, 1.82) is 0 Å². The highest BCUT2D eigenvalue weighted by molar-refractivity contribution is 14.1. The minimum atomic E-state index is -1.05.